The van der Waals surface area contributed by atoms with Crippen molar-refractivity contribution < 1.29 is 18.0 Å². The molecule has 7 heteroatoms. The lowest BCUT2D eigenvalue weighted by molar-refractivity contribution is -0.137. The van der Waals surface area contributed by atoms with Crippen molar-refractivity contribution in [2.24, 2.45) is 5.16 Å². The molecule has 0 N–H and O–H groups in total. The van der Waals surface area contributed by atoms with Crippen LogP contribution in [0.25, 0.3) is 0 Å². The van der Waals surface area contributed by atoms with E-state index in [4.69, 9.17) is 16.4 Å². The fourth-order valence-electron chi connectivity index (χ4n) is 1.29. The fourth-order valence-corrected chi connectivity index (χ4v) is 1.62. The van der Waals surface area contributed by atoms with E-state index in [1.165, 1.54) is 30.8 Å². The van der Waals surface area contributed by atoms with E-state index >= 15 is 0 Å². The van der Waals surface area contributed by atoms with Crippen molar-refractivity contribution in [2.45, 2.75) is 13.1 Å². The van der Waals surface area contributed by atoms with Crippen LogP contribution in [0.3, 0.4) is 0 Å². The molecule has 0 saturated heterocycles. The average molecular weight is 298 g/mol. The highest BCUT2D eigenvalue weighted by Crippen LogP contribution is 2.33. The maximum absolute atomic E-state index is 12.8. The number of benzene rings is 1. The summed E-state index contributed by atoms with van der Waals surface area (Å²) in [5, 5.41) is 3.86. The molecule has 2 nitrogen and oxygen atoms in total. The van der Waals surface area contributed by atoms with Crippen molar-refractivity contribution in [3.05, 3.63) is 34.3 Å². The summed E-state index contributed by atoms with van der Waals surface area (Å²) in [5.74, 6) is 0.277. The molecule has 0 saturated carbocycles. The van der Waals surface area contributed by atoms with Gasteiger partial charge < -0.3 is 4.84 Å². The van der Waals surface area contributed by atoms with E-state index in [1.807, 2.05) is 0 Å². The van der Waals surface area contributed by atoms with Crippen LogP contribution in [0, 0.1) is 0 Å². The number of rotatable bonds is 4. The second kappa shape index (κ2) is 6.33. The molecule has 0 atom stereocenters. The SMILES string of the molecule is CSCON=C(C)c1cc(Cl)ccc1C(F)(F)F. The van der Waals surface area contributed by atoms with Crippen LogP contribution in [0.15, 0.2) is 23.4 Å². The zero-order chi connectivity index (χ0) is 13.8. The van der Waals surface area contributed by atoms with E-state index < -0.39 is 11.7 Å². The minimum Gasteiger partial charge on any atom is -0.385 e. The molecule has 0 aromatic heterocycles. The van der Waals surface area contributed by atoms with Gasteiger partial charge in [-0.1, -0.05) is 16.8 Å². The highest BCUT2D eigenvalue weighted by Gasteiger charge is 2.34. The van der Waals surface area contributed by atoms with Crippen LogP contribution in [0.2, 0.25) is 5.02 Å². The van der Waals surface area contributed by atoms with E-state index in [0.29, 0.717) is 0 Å². The van der Waals surface area contributed by atoms with Gasteiger partial charge >= 0.3 is 6.18 Å². The van der Waals surface area contributed by atoms with Crippen molar-refractivity contribution in [2.75, 3.05) is 12.2 Å². The van der Waals surface area contributed by atoms with Gasteiger partial charge in [0.2, 0.25) is 0 Å². The molecule has 0 fully saturated rings. The molecule has 100 valence electrons. The van der Waals surface area contributed by atoms with Gasteiger partial charge in [0.05, 0.1) is 11.3 Å². The molecular weight excluding hydrogens is 287 g/mol. The predicted molar refractivity (Wildman–Crippen MR) is 68.1 cm³/mol. The number of hydrogen-bond donors (Lipinski definition) is 0. The summed E-state index contributed by atoms with van der Waals surface area (Å²) in [5.41, 5.74) is -0.712. The van der Waals surface area contributed by atoms with Crippen molar-refractivity contribution >= 4 is 29.1 Å². The van der Waals surface area contributed by atoms with Crippen molar-refractivity contribution in [3.63, 3.8) is 0 Å². The van der Waals surface area contributed by atoms with Gasteiger partial charge in [0, 0.05) is 10.6 Å². The summed E-state index contributed by atoms with van der Waals surface area (Å²) in [4.78, 5) is 4.85. The Morgan fingerprint density at radius 1 is 1.44 bits per heavy atom. The second-order valence-electron chi connectivity index (χ2n) is 3.40. The number of hydrogen-bond acceptors (Lipinski definition) is 3. The minimum absolute atomic E-state index is 0.0731. The highest BCUT2D eigenvalue weighted by molar-refractivity contribution is 7.98. The summed E-state index contributed by atoms with van der Waals surface area (Å²) in [6.45, 7) is 1.45. The molecule has 1 aromatic rings. The van der Waals surface area contributed by atoms with Crippen molar-refractivity contribution in [1.82, 2.24) is 0 Å². The lowest BCUT2D eigenvalue weighted by atomic mass is 10.0. The van der Waals surface area contributed by atoms with Gasteiger partial charge in [0.25, 0.3) is 0 Å². The van der Waals surface area contributed by atoms with Crippen LogP contribution in [0.4, 0.5) is 13.2 Å². The predicted octanol–water partition coefficient (Wildman–Crippen LogP) is 4.42. The zero-order valence-electron chi connectivity index (χ0n) is 9.71. The first kappa shape index (κ1) is 15.2. The normalized spacial score (nSPS) is 12.7. The van der Waals surface area contributed by atoms with E-state index in [2.05, 4.69) is 5.16 Å². The Kier molecular flexibility index (Phi) is 5.34. The van der Waals surface area contributed by atoms with Gasteiger partial charge in [0.1, 0.15) is 0 Å². The number of halogens is 4. The van der Waals surface area contributed by atoms with E-state index in [9.17, 15) is 13.2 Å². The highest BCUT2D eigenvalue weighted by atomic mass is 35.5. The quantitative estimate of drug-likeness (QED) is 0.355. The number of oxime groups is 1. The Morgan fingerprint density at radius 2 is 2.11 bits per heavy atom. The molecule has 0 bridgehead atoms. The molecule has 0 aliphatic heterocycles. The number of alkyl halides is 3. The third-order valence-corrected chi connectivity index (χ3v) is 2.63. The van der Waals surface area contributed by atoms with Crippen molar-refractivity contribution in [3.8, 4) is 0 Å². The molecule has 0 unspecified atom stereocenters. The minimum atomic E-state index is -4.45. The van der Waals surface area contributed by atoms with Gasteiger partial charge in [-0.2, -0.15) is 13.2 Å². The second-order valence-corrected chi connectivity index (χ2v) is 4.65. The Hall–Kier alpha value is -0.880. The molecule has 0 aliphatic rings. The van der Waals surface area contributed by atoms with Gasteiger partial charge in [-0.3, -0.25) is 0 Å². The van der Waals surface area contributed by atoms with Crippen LogP contribution in [0.5, 0.6) is 0 Å². The molecular formula is C11H11ClF3NOS. The first-order valence-electron chi connectivity index (χ1n) is 4.89. The Balaban J connectivity index is 3.13. The molecule has 0 spiro atoms. The molecule has 18 heavy (non-hydrogen) atoms. The maximum Gasteiger partial charge on any atom is 0.417 e. The van der Waals surface area contributed by atoms with E-state index in [0.717, 1.165) is 6.07 Å². The first-order chi connectivity index (χ1) is 8.36. The largest absolute Gasteiger partial charge is 0.417 e. The van der Waals surface area contributed by atoms with Gasteiger partial charge in [-0.25, -0.2) is 0 Å². The van der Waals surface area contributed by atoms with Crippen LogP contribution in [0.1, 0.15) is 18.1 Å². The summed E-state index contributed by atoms with van der Waals surface area (Å²) in [6.07, 6.45) is -2.65. The Morgan fingerprint density at radius 3 is 2.67 bits per heavy atom. The number of nitrogens with zero attached hydrogens (tertiary/aromatic N) is 1. The summed E-state index contributed by atoms with van der Waals surface area (Å²) < 4.78 is 38.4. The molecule has 1 rings (SSSR count). The van der Waals surface area contributed by atoms with Gasteiger partial charge in [0.15, 0.2) is 5.94 Å². The lowest BCUT2D eigenvalue weighted by Gasteiger charge is -2.12. The smallest absolute Gasteiger partial charge is 0.385 e. The maximum atomic E-state index is 12.8. The van der Waals surface area contributed by atoms with Gasteiger partial charge in [-0.15, -0.1) is 11.8 Å². The Bertz CT molecular complexity index is 448. The molecule has 1 aromatic carbocycles. The monoisotopic (exact) mass is 297 g/mol. The topological polar surface area (TPSA) is 21.6 Å². The van der Waals surface area contributed by atoms with E-state index in [1.54, 1.807) is 6.26 Å². The van der Waals surface area contributed by atoms with Crippen molar-refractivity contribution in [1.29, 1.82) is 0 Å². The van der Waals surface area contributed by atoms with Crippen LogP contribution in [-0.2, 0) is 11.0 Å². The average Bonchev–Trinajstić information content (AvgIpc) is 2.27. The molecule has 0 amide bonds. The van der Waals surface area contributed by atoms with Crippen LogP contribution < -0.4 is 0 Å². The summed E-state index contributed by atoms with van der Waals surface area (Å²) in [7, 11) is 0. The third-order valence-electron chi connectivity index (χ3n) is 2.05. The number of thioether (sulfide) groups is 1. The van der Waals surface area contributed by atoms with Crippen LogP contribution in [-0.4, -0.2) is 17.9 Å². The molecule has 0 aliphatic carbocycles. The third kappa shape index (κ3) is 4.10. The lowest BCUT2D eigenvalue weighted by Crippen LogP contribution is -2.12. The van der Waals surface area contributed by atoms with Crippen LogP contribution >= 0.6 is 23.4 Å². The molecule has 0 heterocycles. The summed E-state index contributed by atoms with van der Waals surface area (Å²) in [6, 6.07) is 3.36. The zero-order valence-corrected chi connectivity index (χ0v) is 11.3. The summed E-state index contributed by atoms with van der Waals surface area (Å²) >= 11 is 7.08. The fraction of sp³-hybridized carbons (Fsp3) is 0.364. The van der Waals surface area contributed by atoms with Gasteiger partial charge in [-0.05, 0) is 31.4 Å². The molecule has 0 radical (unpaired) electrons. The standard InChI is InChI=1S/C11H11ClF3NOS/c1-7(16-17-6-18-2)9-5-8(12)3-4-10(9)11(13,14)15/h3-5H,6H2,1-2H3. The first-order valence-corrected chi connectivity index (χ1v) is 6.66. The van der Waals surface area contributed by atoms with E-state index in [-0.39, 0.29) is 22.2 Å². The Labute approximate surface area is 112 Å².